The molecule has 0 fully saturated rings. The molecule has 1 aromatic carbocycles. The number of amides is 2. The van der Waals surface area contributed by atoms with Crippen molar-refractivity contribution in [3.8, 4) is 17.2 Å². The monoisotopic (exact) mass is 376 g/mol. The first-order valence-electron chi connectivity index (χ1n) is 8.25. The van der Waals surface area contributed by atoms with Gasteiger partial charge in [-0.25, -0.2) is 0 Å². The van der Waals surface area contributed by atoms with Crippen molar-refractivity contribution in [3.05, 3.63) is 40.8 Å². The van der Waals surface area contributed by atoms with Crippen LogP contribution in [0.4, 0.5) is 0 Å². The fourth-order valence-corrected chi connectivity index (χ4v) is 2.35. The van der Waals surface area contributed by atoms with Crippen LogP contribution in [0.25, 0.3) is 0 Å². The number of phenolic OH excluding ortho intramolecular Hbond substituents is 1. The fourth-order valence-electron chi connectivity index (χ4n) is 2.35. The van der Waals surface area contributed by atoms with Crippen LogP contribution in [0.1, 0.15) is 53.0 Å². The molecule has 2 rings (SSSR count). The van der Waals surface area contributed by atoms with Crippen LogP contribution < -0.4 is 20.3 Å². The summed E-state index contributed by atoms with van der Waals surface area (Å²) in [7, 11) is 2.71. The van der Waals surface area contributed by atoms with Crippen LogP contribution in [-0.4, -0.2) is 31.1 Å². The minimum Gasteiger partial charge on any atom is -0.502 e. The molecule has 1 heterocycles. The molecule has 27 heavy (non-hydrogen) atoms. The number of hydrogen-bond acceptors (Lipinski definition) is 6. The van der Waals surface area contributed by atoms with Gasteiger partial charge in [-0.3, -0.25) is 20.4 Å². The Kier molecular flexibility index (Phi) is 5.68. The van der Waals surface area contributed by atoms with Crippen LogP contribution in [0.5, 0.6) is 17.2 Å². The Morgan fingerprint density at radius 2 is 1.52 bits per heavy atom. The van der Waals surface area contributed by atoms with Gasteiger partial charge in [0, 0.05) is 11.0 Å². The molecule has 2 amide bonds. The van der Waals surface area contributed by atoms with E-state index in [1.807, 2.05) is 20.8 Å². The Morgan fingerprint density at radius 1 is 1.00 bits per heavy atom. The van der Waals surface area contributed by atoms with Gasteiger partial charge in [-0.15, -0.1) is 0 Å². The van der Waals surface area contributed by atoms with Crippen LogP contribution in [0.2, 0.25) is 0 Å². The second-order valence-electron chi connectivity index (χ2n) is 6.97. The van der Waals surface area contributed by atoms with Crippen LogP contribution >= 0.6 is 0 Å². The summed E-state index contributed by atoms with van der Waals surface area (Å²) in [5.74, 6) is -0.0407. The van der Waals surface area contributed by atoms with E-state index in [4.69, 9.17) is 13.9 Å². The van der Waals surface area contributed by atoms with Crippen LogP contribution in [0, 0.1) is 6.92 Å². The number of hydrogen-bond donors (Lipinski definition) is 3. The molecule has 146 valence electrons. The smallest absolute Gasteiger partial charge is 0.273 e. The maximum Gasteiger partial charge on any atom is 0.273 e. The topological polar surface area (TPSA) is 110 Å². The standard InChI is InChI=1S/C19H24N2O6/c1-10-12(9-15(27-10)19(2,3)4)18(24)21-20-17(23)11-7-13(25-5)16(22)14(8-11)26-6/h7-9,22H,1-6H3,(H,20,23)(H,21,24). The van der Waals surface area contributed by atoms with E-state index in [0.29, 0.717) is 17.1 Å². The van der Waals surface area contributed by atoms with Gasteiger partial charge in [0.1, 0.15) is 11.5 Å². The molecule has 0 aliphatic carbocycles. The van der Waals surface area contributed by atoms with Gasteiger partial charge in [0.05, 0.1) is 19.8 Å². The zero-order chi connectivity index (χ0) is 20.4. The summed E-state index contributed by atoms with van der Waals surface area (Å²) in [6.07, 6.45) is 0. The second-order valence-corrected chi connectivity index (χ2v) is 6.97. The van der Waals surface area contributed by atoms with Gasteiger partial charge in [-0.1, -0.05) is 20.8 Å². The number of aryl methyl sites for hydroxylation is 1. The minimum atomic E-state index is -0.600. The average molecular weight is 376 g/mol. The molecule has 0 aliphatic rings. The third kappa shape index (κ3) is 4.33. The first kappa shape index (κ1) is 20.2. The number of nitrogens with one attached hydrogen (secondary N) is 2. The molecule has 3 N–H and O–H groups in total. The third-order valence-electron chi connectivity index (χ3n) is 3.93. The van der Waals surface area contributed by atoms with Crippen molar-refractivity contribution in [1.29, 1.82) is 0 Å². The number of benzene rings is 1. The van der Waals surface area contributed by atoms with E-state index in [1.165, 1.54) is 26.4 Å². The van der Waals surface area contributed by atoms with Gasteiger partial charge in [0.25, 0.3) is 11.8 Å². The number of furan rings is 1. The van der Waals surface area contributed by atoms with Gasteiger partial charge >= 0.3 is 0 Å². The number of phenols is 1. The summed E-state index contributed by atoms with van der Waals surface area (Å²) in [4.78, 5) is 24.7. The number of carbonyl (C=O) groups excluding carboxylic acids is 2. The Balaban J connectivity index is 2.14. The predicted octanol–water partition coefficient (Wildman–Crippen LogP) is 2.68. The lowest BCUT2D eigenvalue weighted by molar-refractivity contribution is 0.0845. The van der Waals surface area contributed by atoms with Crippen LogP contribution in [0.15, 0.2) is 22.6 Å². The lowest BCUT2D eigenvalue weighted by Crippen LogP contribution is -2.41. The van der Waals surface area contributed by atoms with Gasteiger partial charge in [-0.2, -0.15) is 0 Å². The zero-order valence-corrected chi connectivity index (χ0v) is 16.2. The summed E-state index contributed by atoms with van der Waals surface area (Å²) < 4.78 is 15.7. The maximum absolute atomic E-state index is 12.4. The Hall–Kier alpha value is -3.16. The molecule has 0 bridgehead atoms. The molecule has 0 atom stereocenters. The van der Waals surface area contributed by atoms with E-state index in [1.54, 1.807) is 13.0 Å². The number of methoxy groups -OCH3 is 2. The molecule has 0 aliphatic heterocycles. The van der Waals surface area contributed by atoms with Gasteiger partial charge in [0.15, 0.2) is 11.5 Å². The molecule has 8 nitrogen and oxygen atoms in total. The highest BCUT2D eigenvalue weighted by atomic mass is 16.5. The Bertz CT molecular complexity index is 839. The van der Waals surface area contributed by atoms with Crippen molar-refractivity contribution in [1.82, 2.24) is 10.9 Å². The van der Waals surface area contributed by atoms with Gasteiger partial charge in [-0.05, 0) is 25.1 Å². The zero-order valence-electron chi connectivity index (χ0n) is 16.2. The minimum absolute atomic E-state index is 0.0753. The van der Waals surface area contributed by atoms with E-state index in [9.17, 15) is 14.7 Å². The highest BCUT2D eigenvalue weighted by molar-refractivity contribution is 6.00. The summed E-state index contributed by atoms with van der Waals surface area (Å²) in [5, 5.41) is 9.90. The van der Waals surface area contributed by atoms with Crippen molar-refractivity contribution in [2.24, 2.45) is 0 Å². The SMILES string of the molecule is COc1cc(C(=O)NNC(=O)c2cc(C(C)(C)C)oc2C)cc(OC)c1O. The van der Waals surface area contributed by atoms with Crippen LogP contribution in [0.3, 0.4) is 0 Å². The number of aromatic hydroxyl groups is 1. The molecule has 2 aromatic rings. The first-order valence-corrected chi connectivity index (χ1v) is 8.25. The summed E-state index contributed by atoms with van der Waals surface area (Å²) >= 11 is 0. The lowest BCUT2D eigenvalue weighted by Gasteiger charge is -2.13. The average Bonchev–Trinajstić information content (AvgIpc) is 3.01. The molecule has 0 unspecified atom stereocenters. The Morgan fingerprint density at radius 3 is 1.96 bits per heavy atom. The molecule has 0 saturated carbocycles. The number of rotatable bonds is 4. The highest BCUT2D eigenvalue weighted by Crippen LogP contribution is 2.37. The third-order valence-corrected chi connectivity index (χ3v) is 3.93. The van der Waals surface area contributed by atoms with Crippen molar-refractivity contribution < 1.29 is 28.6 Å². The largest absolute Gasteiger partial charge is 0.502 e. The molecule has 0 spiro atoms. The van der Waals surface area contributed by atoms with Crippen molar-refractivity contribution >= 4 is 11.8 Å². The molecule has 0 radical (unpaired) electrons. The summed E-state index contributed by atoms with van der Waals surface area (Å²) in [6, 6.07) is 4.32. The quantitative estimate of drug-likeness (QED) is 0.708. The maximum atomic E-state index is 12.4. The van der Waals surface area contributed by atoms with Crippen molar-refractivity contribution in [2.75, 3.05) is 14.2 Å². The second kappa shape index (κ2) is 7.61. The Labute approximate surface area is 157 Å². The van der Waals surface area contributed by atoms with Gasteiger partial charge in [0.2, 0.25) is 5.75 Å². The highest BCUT2D eigenvalue weighted by Gasteiger charge is 2.23. The summed E-state index contributed by atoms with van der Waals surface area (Å²) in [6.45, 7) is 7.60. The lowest BCUT2D eigenvalue weighted by atomic mass is 9.93. The molecular weight excluding hydrogens is 352 g/mol. The molecular formula is C19H24N2O6. The van der Waals surface area contributed by atoms with Crippen molar-refractivity contribution in [2.45, 2.75) is 33.1 Å². The fraction of sp³-hybridized carbons (Fsp3) is 0.368. The number of carbonyl (C=O) groups is 2. The number of hydrazine groups is 1. The van der Waals surface area contributed by atoms with Gasteiger partial charge < -0.3 is 19.0 Å². The molecule has 0 saturated heterocycles. The van der Waals surface area contributed by atoms with E-state index < -0.39 is 11.8 Å². The van der Waals surface area contributed by atoms with E-state index >= 15 is 0 Å². The van der Waals surface area contributed by atoms with E-state index in [0.717, 1.165) is 0 Å². The molecule has 8 heteroatoms. The predicted molar refractivity (Wildman–Crippen MR) is 98.3 cm³/mol. The van der Waals surface area contributed by atoms with E-state index in [-0.39, 0.29) is 28.2 Å². The first-order chi connectivity index (χ1) is 12.6. The van der Waals surface area contributed by atoms with Crippen molar-refractivity contribution in [3.63, 3.8) is 0 Å². The summed E-state index contributed by atoms with van der Waals surface area (Å²) in [5.41, 5.74) is 4.90. The number of ether oxygens (including phenoxy) is 2. The van der Waals surface area contributed by atoms with E-state index in [2.05, 4.69) is 10.9 Å². The molecule has 1 aromatic heterocycles. The van der Waals surface area contributed by atoms with Crippen LogP contribution in [-0.2, 0) is 5.41 Å². The normalized spacial score (nSPS) is 11.0.